The van der Waals surface area contributed by atoms with E-state index in [9.17, 15) is 0 Å². The van der Waals surface area contributed by atoms with Crippen molar-refractivity contribution in [3.05, 3.63) is 71.3 Å². The molecule has 0 saturated heterocycles. The van der Waals surface area contributed by atoms with Crippen LogP contribution in [0.4, 0.5) is 0 Å². The maximum atomic E-state index is 3.51. The standard InChI is InChI=1S/C14H12N/c1-2-6-11(7-3-1)14-13-9-5-4-8-12(13)10-15-14/h1-6,8-9,14-15H,10H2. The number of rotatable bonds is 1. The summed E-state index contributed by atoms with van der Waals surface area (Å²) in [5, 5.41) is 3.51. The Balaban J connectivity index is 2.05. The van der Waals surface area contributed by atoms with Gasteiger partial charge in [0, 0.05) is 6.54 Å². The lowest BCUT2D eigenvalue weighted by Crippen LogP contribution is -2.13. The van der Waals surface area contributed by atoms with E-state index in [1.165, 1.54) is 16.7 Å². The highest BCUT2D eigenvalue weighted by Gasteiger charge is 2.22. The van der Waals surface area contributed by atoms with Gasteiger partial charge in [-0.15, -0.1) is 0 Å². The molecule has 1 N–H and O–H groups in total. The molecule has 1 unspecified atom stereocenters. The molecule has 15 heavy (non-hydrogen) atoms. The summed E-state index contributed by atoms with van der Waals surface area (Å²) in [5.74, 6) is 0. The summed E-state index contributed by atoms with van der Waals surface area (Å²) < 4.78 is 0. The molecule has 73 valence electrons. The molecule has 0 aromatic heterocycles. The van der Waals surface area contributed by atoms with E-state index in [1.807, 2.05) is 12.1 Å². The van der Waals surface area contributed by atoms with Crippen molar-refractivity contribution in [2.24, 2.45) is 0 Å². The van der Waals surface area contributed by atoms with Gasteiger partial charge in [0.15, 0.2) is 0 Å². The summed E-state index contributed by atoms with van der Waals surface area (Å²) in [5.41, 5.74) is 4.02. The fraction of sp³-hybridized carbons (Fsp3) is 0.143. The minimum Gasteiger partial charge on any atom is -0.302 e. The van der Waals surface area contributed by atoms with Crippen molar-refractivity contribution in [1.29, 1.82) is 0 Å². The minimum atomic E-state index is 0.322. The molecule has 2 aromatic rings. The van der Waals surface area contributed by atoms with Gasteiger partial charge in [-0.05, 0) is 22.8 Å². The lowest BCUT2D eigenvalue weighted by molar-refractivity contribution is 0.666. The molecule has 2 aromatic carbocycles. The van der Waals surface area contributed by atoms with Gasteiger partial charge in [0.05, 0.1) is 6.04 Å². The van der Waals surface area contributed by atoms with E-state index in [0.29, 0.717) is 6.04 Å². The van der Waals surface area contributed by atoms with E-state index in [-0.39, 0.29) is 0 Å². The summed E-state index contributed by atoms with van der Waals surface area (Å²) >= 11 is 0. The quantitative estimate of drug-likeness (QED) is 0.736. The molecule has 1 heteroatoms. The van der Waals surface area contributed by atoms with Gasteiger partial charge in [-0.3, -0.25) is 0 Å². The third-order valence-electron chi connectivity index (χ3n) is 2.91. The highest BCUT2D eigenvalue weighted by Crippen LogP contribution is 2.29. The SMILES string of the molecule is [c]1ccccc1C1NCc2ccccc21. The van der Waals surface area contributed by atoms with Crippen LogP contribution in [0, 0.1) is 6.07 Å². The van der Waals surface area contributed by atoms with Crippen LogP contribution in [-0.2, 0) is 6.54 Å². The van der Waals surface area contributed by atoms with Crippen molar-refractivity contribution in [2.45, 2.75) is 12.6 Å². The smallest absolute Gasteiger partial charge is 0.0588 e. The molecule has 1 aliphatic rings. The lowest BCUT2D eigenvalue weighted by atomic mass is 9.99. The Labute approximate surface area is 89.8 Å². The Morgan fingerprint density at radius 2 is 1.93 bits per heavy atom. The predicted molar refractivity (Wildman–Crippen MR) is 60.4 cm³/mol. The molecular formula is C14H12N. The normalized spacial score (nSPS) is 18.8. The van der Waals surface area contributed by atoms with Gasteiger partial charge in [0.2, 0.25) is 0 Å². The van der Waals surface area contributed by atoms with E-state index in [4.69, 9.17) is 0 Å². The van der Waals surface area contributed by atoms with Crippen molar-refractivity contribution < 1.29 is 0 Å². The van der Waals surface area contributed by atoms with Crippen LogP contribution in [0.2, 0.25) is 0 Å². The third kappa shape index (κ3) is 1.45. The number of benzene rings is 2. The first kappa shape index (κ1) is 8.69. The molecule has 0 amide bonds. The molecule has 1 nitrogen and oxygen atoms in total. The highest BCUT2D eigenvalue weighted by molar-refractivity contribution is 5.40. The Morgan fingerprint density at radius 3 is 2.80 bits per heavy atom. The Hall–Kier alpha value is -1.60. The summed E-state index contributed by atoms with van der Waals surface area (Å²) in [6.07, 6.45) is 0. The van der Waals surface area contributed by atoms with Crippen LogP contribution < -0.4 is 5.32 Å². The molecular weight excluding hydrogens is 182 g/mol. The van der Waals surface area contributed by atoms with Crippen molar-refractivity contribution in [1.82, 2.24) is 5.32 Å². The van der Waals surface area contributed by atoms with Crippen LogP contribution >= 0.6 is 0 Å². The van der Waals surface area contributed by atoms with Crippen LogP contribution in [0.3, 0.4) is 0 Å². The zero-order valence-electron chi connectivity index (χ0n) is 8.40. The minimum absolute atomic E-state index is 0.322. The van der Waals surface area contributed by atoms with Crippen molar-refractivity contribution in [3.63, 3.8) is 0 Å². The second-order valence-electron chi connectivity index (χ2n) is 3.83. The Bertz CT molecular complexity index is 462. The van der Waals surface area contributed by atoms with Crippen LogP contribution in [0.15, 0.2) is 48.5 Å². The van der Waals surface area contributed by atoms with Crippen molar-refractivity contribution in [3.8, 4) is 0 Å². The number of hydrogen-bond acceptors (Lipinski definition) is 1. The van der Waals surface area contributed by atoms with E-state index in [2.05, 4.69) is 47.8 Å². The fourth-order valence-corrected chi connectivity index (χ4v) is 2.16. The summed E-state index contributed by atoms with van der Waals surface area (Å²) in [6, 6.07) is 20.3. The fourth-order valence-electron chi connectivity index (χ4n) is 2.16. The van der Waals surface area contributed by atoms with Gasteiger partial charge in [0.25, 0.3) is 0 Å². The topological polar surface area (TPSA) is 12.0 Å². The van der Waals surface area contributed by atoms with Gasteiger partial charge in [-0.1, -0.05) is 48.5 Å². The average molecular weight is 194 g/mol. The number of nitrogens with one attached hydrogen (secondary N) is 1. The molecule has 0 fully saturated rings. The molecule has 1 radical (unpaired) electrons. The first-order chi connectivity index (χ1) is 7.45. The Kier molecular flexibility index (Phi) is 2.04. The average Bonchev–Trinajstić information content (AvgIpc) is 2.74. The molecule has 1 atom stereocenters. The van der Waals surface area contributed by atoms with Crippen molar-refractivity contribution >= 4 is 0 Å². The van der Waals surface area contributed by atoms with Crippen LogP contribution in [0.25, 0.3) is 0 Å². The summed E-state index contributed by atoms with van der Waals surface area (Å²) in [7, 11) is 0. The van der Waals surface area contributed by atoms with E-state index < -0.39 is 0 Å². The van der Waals surface area contributed by atoms with E-state index in [1.54, 1.807) is 0 Å². The second kappa shape index (κ2) is 3.52. The van der Waals surface area contributed by atoms with Gasteiger partial charge in [-0.2, -0.15) is 0 Å². The van der Waals surface area contributed by atoms with Crippen LogP contribution in [0.1, 0.15) is 22.7 Å². The third-order valence-corrected chi connectivity index (χ3v) is 2.91. The zero-order chi connectivity index (χ0) is 10.1. The summed E-state index contributed by atoms with van der Waals surface area (Å²) in [4.78, 5) is 0. The summed E-state index contributed by atoms with van der Waals surface area (Å²) in [6.45, 7) is 0.962. The first-order valence-corrected chi connectivity index (χ1v) is 5.23. The first-order valence-electron chi connectivity index (χ1n) is 5.23. The number of hydrogen-bond donors (Lipinski definition) is 1. The molecule has 1 heterocycles. The molecule has 0 bridgehead atoms. The van der Waals surface area contributed by atoms with E-state index >= 15 is 0 Å². The largest absolute Gasteiger partial charge is 0.302 e. The van der Waals surface area contributed by atoms with E-state index in [0.717, 1.165) is 6.54 Å². The highest BCUT2D eigenvalue weighted by atomic mass is 14.9. The molecule has 0 saturated carbocycles. The van der Waals surface area contributed by atoms with Gasteiger partial charge < -0.3 is 5.32 Å². The maximum absolute atomic E-state index is 3.51. The van der Waals surface area contributed by atoms with Crippen LogP contribution in [0.5, 0.6) is 0 Å². The monoisotopic (exact) mass is 194 g/mol. The Morgan fingerprint density at radius 1 is 1.07 bits per heavy atom. The molecule has 0 spiro atoms. The van der Waals surface area contributed by atoms with Gasteiger partial charge in [0.1, 0.15) is 0 Å². The van der Waals surface area contributed by atoms with Gasteiger partial charge >= 0.3 is 0 Å². The zero-order valence-corrected chi connectivity index (χ0v) is 8.40. The van der Waals surface area contributed by atoms with Crippen molar-refractivity contribution in [2.75, 3.05) is 0 Å². The predicted octanol–water partition coefficient (Wildman–Crippen LogP) is 2.68. The maximum Gasteiger partial charge on any atom is 0.0588 e. The number of fused-ring (bicyclic) bond motifs is 1. The molecule has 1 aliphatic heterocycles. The van der Waals surface area contributed by atoms with Gasteiger partial charge in [-0.25, -0.2) is 0 Å². The molecule has 3 rings (SSSR count). The lowest BCUT2D eigenvalue weighted by Gasteiger charge is -2.11. The second-order valence-corrected chi connectivity index (χ2v) is 3.83. The molecule has 0 aliphatic carbocycles. The van der Waals surface area contributed by atoms with Crippen LogP contribution in [-0.4, -0.2) is 0 Å².